The van der Waals surface area contributed by atoms with Gasteiger partial charge in [-0.05, 0) is 63.3 Å². The van der Waals surface area contributed by atoms with Crippen molar-refractivity contribution >= 4 is 34.9 Å². The molecular formula is C29H31FN6O4. The Balaban J connectivity index is 1.25. The Morgan fingerprint density at radius 2 is 1.95 bits per heavy atom. The van der Waals surface area contributed by atoms with Gasteiger partial charge in [0, 0.05) is 29.4 Å². The minimum atomic E-state index is -1.21. The zero-order valence-corrected chi connectivity index (χ0v) is 22.4. The standard InChI is InChI=1S/C29H31FN6O4/c1-3-6-19(7-4-2)31-27(38)29(14-5-15-29)28(39)32-20-10-11-22(21(30)16-20)40-25-13-12-24-33-23(17-36(24)35-25)34-26(37)18-8-9-18/h3,6-7,10-13,16-18H,4-5,8-9,14-15H2,1-2H3,(H,31,38)(H,32,39)(H,34,37)/b6-3-,19-7+. The molecule has 2 saturated carbocycles. The van der Waals surface area contributed by atoms with Crippen LogP contribution in [0.15, 0.2) is 60.5 Å². The maximum atomic E-state index is 15.0. The summed E-state index contributed by atoms with van der Waals surface area (Å²) < 4.78 is 22.0. The van der Waals surface area contributed by atoms with Crippen LogP contribution >= 0.6 is 0 Å². The molecule has 3 aromatic rings. The largest absolute Gasteiger partial charge is 0.434 e. The molecule has 3 amide bonds. The van der Waals surface area contributed by atoms with Crippen molar-refractivity contribution in [3.63, 3.8) is 0 Å². The van der Waals surface area contributed by atoms with Gasteiger partial charge in [-0.3, -0.25) is 14.4 Å². The summed E-state index contributed by atoms with van der Waals surface area (Å²) >= 11 is 0. The van der Waals surface area contributed by atoms with Gasteiger partial charge in [-0.1, -0.05) is 25.5 Å². The number of fused-ring (bicyclic) bond motifs is 1. The van der Waals surface area contributed by atoms with Crippen LogP contribution in [0.2, 0.25) is 0 Å². The van der Waals surface area contributed by atoms with Crippen LogP contribution < -0.4 is 20.7 Å². The normalized spacial score (nSPS) is 16.4. The molecular weight excluding hydrogens is 515 g/mol. The Morgan fingerprint density at radius 1 is 1.15 bits per heavy atom. The second-order valence-electron chi connectivity index (χ2n) is 10.0. The molecule has 0 spiro atoms. The van der Waals surface area contributed by atoms with Gasteiger partial charge in [-0.25, -0.2) is 13.9 Å². The number of rotatable bonds is 10. The Labute approximate surface area is 230 Å². The molecule has 0 bridgehead atoms. The molecule has 2 fully saturated rings. The van der Waals surface area contributed by atoms with Crippen molar-refractivity contribution in [2.24, 2.45) is 11.3 Å². The SMILES string of the molecule is C/C=C\C(=C/CC)NC(=O)C1(C(=O)Nc2ccc(Oc3ccc4nc(NC(=O)C5CC5)cn4n3)c(F)c2)CCC1. The summed E-state index contributed by atoms with van der Waals surface area (Å²) in [5, 5.41) is 12.6. The van der Waals surface area contributed by atoms with Gasteiger partial charge in [0.1, 0.15) is 5.41 Å². The number of amides is 3. The molecule has 3 N–H and O–H groups in total. The van der Waals surface area contributed by atoms with Gasteiger partial charge in [0.25, 0.3) is 0 Å². The van der Waals surface area contributed by atoms with E-state index in [9.17, 15) is 18.8 Å². The predicted octanol–water partition coefficient (Wildman–Crippen LogP) is 5.10. The Kier molecular flexibility index (Phi) is 7.63. The molecule has 0 radical (unpaired) electrons. The van der Waals surface area contributed by atoms with Crippen molar-refractivity contribution in [2.45, 2.75) is 52.4 Å². The van der Waals surface area contributed by atoms with Gasteiger partial charge in [-0.2, -0.15) is 0 Å². The summed E-state index contributed by atoms with van der Waals surface area (Å²) in [7, 11) is 0. The highest BCUT2D eigenvalue weighted by molar-refractivity contribution is 6.11. The third-order valence-electron chi connectivity index (χ3n) is 7.00. The molecule has 0 saturated heterocycles. The lowest BCUT2D eigenvalue weighted by Gasteiger charge is -2.38. The molecule has 0 atom stereocenters. The van der Waals surface area contributed by atoms with E-state index in [2.05, 4.69) is 26.0 Å². The van der Waals surface area contributed by atoms with E-state index in [0.717, 1.165) is 31.7 Å². The van der Waals surface area contributed by atoms with Crippen molar-refractivity contribution in [3.05, 3.63) is 66.3 Å². The molecule has 1 aromatic carbocycles. The van der Waals surface area contributed by atoms with E-state index in [-0.39, 0.29) is 35.0 Å². The van der Waals surface area contributed by atoms with Crippen LogP contribution in [-0.2, 0) is 14.4 Å². The third-order valence-corrected chi connectivity index (χ3v) is 7.00. The average molecular weight is 547 g/mol. The summed E-state index contributed by atoms with van der Waals surface area (Å²) in [4.78, 5) is 42.5. The zero-order valence-electron chi connectivity index (χ0n) is 22.4. The van der Waals surface area contributed by atoms with Gasteiger partial charge >= 0.3 is 0 Å². The predicted molar refractivity (Wildman–Crippen MR) is 147 cm³/mol. The first kappa shape index (κ1) is 27.0. The fraction of sp³-hybridized carbons (Fsp3) is 0.345. The van der Waals surface area contributed by atoms with Crippen LogP contribution in [0.3, 0.4) is 0 Å². The van der Waals surface area contributed by atoms with E-state index in [1.165, 1.54) is 22.7 Å². The molecule has 208 valence electrons. The van der Waals surface area contributed by atoms with Crippen LogP contribution in [0.4, 0.5) is 15.9 Å². The Hall–Kier alpha value is -4.54. The molecule has 10 nitrogen and oxygen atoms in total. The number of carbonyl (C=O) groups excluding carboxylic acids is 3. The highest BCUT2D eigenvalue weighted by Gasteiger charge is 2.51. The summed E-state index contributed by atoms with van der Waals surface area (Å²) in [5.74, 6) is -1.18. The first-order valence-corrected chi connectivity index (χ1v) is 13.4. The first-order chi connectivity index (χ1) is 19.3. The van der Waals surface area contributed by atoms with Gasteiger partial charge < -0.3 is 20.7 Å². The topological polar surface area (TPSA) is 127 Å². The van der Waals surface area contributed by atoms with Crippen molar-refractivity contribution < 1.29 is 23.5 Å². The monoisotopic (exact) mass is 546 g/mol. The maximum Gasteiger partial charge on any atom is 0.240 e. The number of aromatic nitrogens is 3. The molecule has 5 rings (SSSR count). The third kappa shape index (κ3) is 5.73. The number of hydrogen-bond acceptors (Lipinski definition) is 6. The quantitative estimate of drug-likeness (QED) is 0.240. The van der Waals surface area contributed by atoms with Gasteiger partial charge in [0.2, 0.25) is 23.6 Å². The van der Waals surface area contributed by atoms with E-state index in [1.54, 1.807) is 18.3 Å². The van der Waals surface area contributed by atoms with Crippen molar-refractivity contribution in [3.8, 4) is 11.6 Å². The van der Waals surface area contributed by atoms with Crippen LogP contribution in [0.25, 0.3) is 5.65 Å². The number of ether oxygens (including phenoxy) is 1. The zero-order chi connectivity index (χ0) is 28.3. The lowest BCUT2D eigenvalue weighted by atomic mass is 9.67. The number of anilines is 2. The average Bonchev–Trinajstić information content (AvgIpc) is 3.66. The van der Waals surface area contributed by atoms with Gasteiger partial charge in [0.15, 0.2) is 23.0 Å². The van der Waals surface area contributed by atoms with Gasteiger partial charge in [-0.15, -0.1) is 5.10 Å². The number of benzene rings is 1. The first-order valence-electron chi connectivity index (χ1n) is 13.4. The van der Waals surface area contributed by atoms with Crippen molar-refractivity contribution in [2.75, 3.05) is 10.6 Å². The van der Waals surface area contributed by atoms with Crippen LogP contribution in [0.5, 0.6) is 11.6 Å². The molecule has 2 aliphatic rings. The summed E-state index contributed by atoms with van der Waals surface area (Å²) in [6.45, 7) is 3.81. The Bertz CT molecular complexity index is 1520. The highest BCUT2D eigenvalue weighted by Crippen LogP contribution is 2.42. The molecule has 2 heterocycles. The van der Waals surface area contributed by atoms with Crippen molar-refractivity contribution in [1.82, 2.24) is 19.9 Å². The maximum absolute atomic E-state index is 15.0. The molecule has 2 aromatic heterocycles. The summed E-state index contributed by atoms with van der Waals surface area (Å²) in [6, 6.07) is 7.21. The van der Waals surface area contributed by atoms with Crippen LogP contribution in [0.1, 0.15) is 52.4 Å². The molecule has 0 aliphatic heterocycles. The fourth-order valence-corrected chi connectivity index (χ4v) is 4.48. The lowest BCUT2D eigenvalue weighted by Crippen LogP contribution is -2.53. The second-order valence-corrected chi connectivity index (χ2v) is 10.0. The minimum Gasteiger partial charge on any atom is -0.434 e. The van der Waals surface area contributed by atoms with Gasteiger partial charge in [0.05, 0.1) is 6.20 Å². The van der Waals surface area contributed by atoms with E-state index in [1.807, 2.05) is 26.0 Å². The minimum absolute atomic E-state index is 0.0443. The number of imidazole rings is 1. The van der Waals surface area contributed by atoms with E-state index < -0.39 is 17.1 Å². The number of allylic oxidation sites excluding steroid dienone is 3. The molecule has 2 aliphatic carbocycles. The lowest BCUT2D eigenvalue weighted by molar-refractivity contribution is -0.145. The summed E-state index contributed by atoms with van der Waals surface area (Å²) in [5.41, 5.74) is 0.138. The second kappa shape index (κ2) is 11.3. The molecule has 0 unspecified atom stereocenters. The summed E-state index contributed by atoms with van der Waals surface area (Å²) in [6.07, 6.45) is 11.1. The van der Waals surface area contributed by atoms with E-state index >= 15 is 0 Å². The number of hydrogen-bond donors (Lipinski definition) is 3. The Morgan fingerprint density at radius 3 is 2.60 bits per heavy atom. The number of nitrogens with zero attached hydrogens (tertiary/aromatic N) is 3. The highest BCUT2D eigenvalue weighted by atomic mass is 19.1. The van der Waals surface area contributed by atoms with E-state index in [0.29, 0.717) is 30.0 Å². The van der Waals surface area contributed by atoms with Crippen LogP contribution in [0, 0.1) is 17.2 Å². The van der Waals surface area contributed by atoms with Crippen LogP contribution in [-0.4, -0.2) is 32.3 Å². The number of carbonyl (C=O) groups is 3. The van der Waals surface area contributed by atoms with E-state index in [4.69, 9.17) is 4.74 Å². The number of halogens is 1. The molecule has 11 heteroatoms. The smallest absolute Gasteiger partial charge is 0.240 e. The molecule has 40 heavy (non-hydrogen) atoms. The van der Waals surface area contributed by atoms with Crippen molar-refractivity contribution in [1.29, 1.82) is 0 Å². The number of nitrogens with one attached hydrogen (secondary N) is 3. The fourth-order valence-electron chi connectivity index (χ4n) is 4.48.